The molecule has 0 bridgehead atoms. The maximum absolute atomic E-state index is 12.6. The Morgan fingerprint density at radius 1 is 1.33 bits per heavy atom. The maximum atomic E-state index is 12.6. The highest BCUT2D eigenvalue weighted by Gasteiger charge is 2.26. The van der Waals surface area contributed by atoms with Crippen LogP contribution in [0.15, 0.2) is 35.1 Å². The zero-order valence-electron chi connectivity index (χ0n) is 16.4. The number of hydrogen-bond donors (Lipinski definition) is 1. The largest absolute Gasteiger partial charge is 0.497 e. The Hall–Kier alpha value is -2.63. The summed E-state index contributed by atoms with van der Waals surface area (Å²) in [4.78, 5) is 24.9. The van der Waals surface area contributed by atoms with E-state index < -0.39 is 0 Å². The highest BCUT2D eigenvalue weighted by atomic mass is 16.5. The smallest absolute Gasteiger partial charge is 0.267 e. The molecule has 2 aromatic rings. The molecule has 1 aliphatic rings. The molecule has 0 saturated heterocycles. The standard InChI is InChI=1S/C21H27N3O3/c1-13(2)21-18(15-6-5-7-17(10-15)27-4)11-20(26)24(23-21)12-19(25)22-16-8-14(3)9-16/h5-7,10-11,13-14,16H,8-9,12H2,1-4H3,(H,22,25). The van der Waals surface area contributed by atoms with Gasteiger partial charge in [-0.15, -0.1) is 0 Å². The van der Waals surface area contributed by atoms with Gasteiger partial charge in [-0.05, 0) is 42.4 Å². The van der Waals surface area contributed by atoms with Crippen molar-refractivity contribution in [2.45, 2.75) is 52.1 Å². The minimum Gasteiger partial charge on any atom is -0.497 e. The first kappa shape index (κ1) is 19.1. The second-order valence-electron chi connectivity index (χ2n) is 7.67. The van der Waals surface area contributed by atoms with Crippen molar-refractivity contribution in [3.05, 3.63) is 46.4 Å². The second-order valence-corrected chi connectivity index (χ2v) is 7.67. The summed E-state index contributed by atoms with van der Waals surface area (Å²) >= 11 is 0. The van der Waals surface area contributed by atoms with Crippen LogP contribution in [-0.4, -0.2) is 28.8 Å². The van der Waals surface area contributed by atoms with Gasteiger partial charge in [0, 0.05) is 17.7 Å². The molecule has 1 aromatic carbocycles. The number of hydrogen-bond acceptors (Lipinski definition) is 4. The summed E-state index contributed by atoms with van der Waals surface area (Å²) in [7, 11) is 1.61. The van der Waals surface area contributed by atoms with Crippen molar-refractivity contribution in [3.63, 3.8) is 0 Å². The monoisotopic (exact) mass is 369 g/mol. The van der Waals surface area contributed by atoms with Crippen LogP contribution < -0.4 is 15.6 Å². The van der Waals surface area contributed by atoms with Gasteiger partial charge in [0.25, 0.3) is 5.56 Å². The van der Waals surface area contributed by atoms with Crippen molar-refractivity contribution in [1.82, 2.24) is 15.1 Å². The molecule has 0 radical (unpaired) electrons. The Labute approximate surface area is 159 Å². The Morgan fingerprint density at radius 2 is 2.07 bits per heavy atom. The number of aromatic nitrogens is 2. The van der Waals surface area contributed by atoms with Crippen LogP contribution in [0.3, 0.4) is 0 Å². The molecule has 0 aliphatic heterocycles. The Kier molecular flexibility index (Phi) is 5.63. The summed E-state index contributed by atoms with van der Waals surface area (Å²) in [6, 6.07) is 9.35. The van der Waals surface area contributed by atoms with Gasteiger partial charge in [0.05, 0.1) is 12.8 Å². The first-order chi connectivity index (χ1) is 12.9. The number of nitrogens with one attached hydrogen (secondary N) is 1. The van der Waals surface area contributed by atoms with Gasteiger partial charge in [0.15, 0.2) is 0 Å². The van der Waals surface area contributed by atoms with Crippen molar-refractivity contribution in [1.29, 1.82) is 0 Å². The summed E-state index contributed by atoms with van der Waals surface area (Å²) in [5.41, 5.74) is 2.16. The van der Waals surface area contributed by atoms with Crippen molar-refractivity contribution in [2.24, 2.45) is 5.92 Å². The van der Waals surface area contributed by atoms with E-state index in [1.54, 1.807) is 13.2 Å². The lowest BCUT2D eigenvalue weighted by atomic mass is 9.82. The fourth-order valence-corrected chi connectivity index (χ4v) is 3.50. The summed E-state index contributed by atoms with van der Waals surface area (Å²) in [6.45, 7) is 6.16. The van der Waals surface area contributed by atoms with Crippen LogP contribution in [0, 0.1) is 5.92 Å². The van der Waals surface area contributed by atoms with Gasteiger partial charge in [-0.3, -0.25) is 9.59 Å². The van der Waals surface area contributed by atoms with Crippen molar-refractivity contribution in [3.8, 4) is 16.9 Å². The molecular weight excluding hydrogens is 342 g/mol. The van der Waals surface area contributed by atoms with E-state index in [1.165, 1.54) is 4.68 Å². The molecule has 1 saturated carbocycles. The van der Waals surface area contributed by atoms with E-state index >= 15 is 0 Å². The predicted molar refractivity (Wildman–Crippen MR) is 105 cm³/mol. The van der Waals surface area contributed by atoms with Crippen LogP contribution in [0.5, 0.6) is 5.75 Å². The van der Waals surface area contributed by atoms with E-state index in [-0.39, 0.29) is 30.0 Å². The van der Waals surface area contributed by atoms with E-state index in [4.69, 9.17) is 4.74 Å². The molecular formula is C21H27N3O3. The molecule has 1 aliphatic carbocycles. The van der Waals surface area contributed by atoms with Crippen LogP contribution in [0.1, 0.15) is 45.2 Å². The van der Waals surface area contributed by atoms with E-state index in [9.17, 15) is 9.59 Å². The molecule has 1 fully saturated rings. The zero-order chi connectivity index (χ0) is 19.6. The number of rotatable bonds is 6. The summed E-state index contributed by atoms with van der Waals surface area (Å²) in [5, 5.41) is 7.49. The minimum atomic E-state index is -0.283. The molecule has 1 N–H and O–H groups in total. The van der Waals surface area contributed by atoms with Gasteiger partial charge in [0.2, 0.25) is 5.91 Å². The number of ether oxygens (including phenoxy) is 1. The lowest BCUT2D eigenvalue weighted by Crippen LogP contribution is -2.45. The van der Waals surface area contributed by atoms with Crippen molar-refractivity contribution >= 4 is 5.91 Å². The lowest BCUT2D eigenvalue weighted by molar-refractivity contribution is -0.123. The lowest BCUT2D eigenvalue weighted by Gasteiger charge is -2.33. The Morgan fingerprint density at radius 3 is 2.70 bits per heavy atom. The maximum Gasteiger partial charge on any atom is 0.267 e. The Bertz CT molecular complexity index is 882. The summed E-state index contributed by atoms with van der Waals surface area (Å²) < 4.78 is 6.55. The van der Waals surface area contributed by atoms with E-state index in [0.717, 1.165) is 35.4 Å². The number of carbonyl (C=O) groups excluding carboxylic acids is 1. The fraction of sp³-hybridized carbons (Fsp3) is 0.476. The van der Waals surface area contributed by atoms with Crippen LogP contribution in [0.25, 0.3) is 11.1 Å². The third kappa shape index (κ3) is 4.38. The average molecular weight is 369 g/mol. The molecule has 6 nitrogen and oxygen atoms in total. The molecule has 0 unspecified atom stereocenters. The third-order valence-electron chi connectivity index (χ3n) is 4.99. The van der Waals surface area contributed by atoms with Crippen molar-refractivity contribution < 1.29 is 9.53 Å². The molecule has 0 spiro atoms. The topological polar surface area (TPSA) is 73.2 Å². The fourth-order valence-electron chi connectivity index (χ4n) is 3.50. The molecule has 6 heteroatoms. The van der Waals surface area contributed by atoms with E-state index in [0.29, 0.717) is 5.92 Å². The molecule has 1 aromatic heterocycles. The molecule has 3 rings (SSSR count). The molecule has 1 heterocycles. The Balaban J connectivity index is 1.87. The zero-order valence-corrected chi connectivity index (χ0v) is 16.4. The van der Waals surface area contributed by atoms with Gasteiger partial charge in [0.1, 0.15) is 12.3 Å². The van der Waals surface area contributed by atoms with Crippen LogP contribution in [-0.2, 0) is 11.3 Å². The third-order valence-corrected chi connectivity index (χ3v) is 4.99. The predicted octanol–water partition coefficient (Wildman–Crippen LogP) is 2.96. The first-order valence-corrected chi connectivity index (χ1v) is 9.43. The SMILES string of the molecule is COc1cccc(-c2cc(=O)n(CC(=O)NC3CC(C)C3)nc2C(C)C)c1. The number of amides is 1. The summed E-state index contributed by atoms with van der Waals surface area (Å²) in [6.07, 6.45) is 2.00. The summed E-state index contributed by atoms with van der Waals surface area (Å²) in [5.74, 6) is 1.32. The van der Waals surface area contributed by atoms with Crippen molar-refractivity contribution in [2.75, 3.05) is 7.11 Å². The van der Waals surface area contributed by atoms with Crippen LogP contribution in [0.4, 0.5) is 0 Å². The second kappa shape index (κ2) is 7.94. The quantitative estimate of drug-likeness (QED) is 0.850. The average Bonchev–Trinajstić information content (AvgIpc) is 2.61. The van der Waals surface area contributed by atoms with Gasteiger partial charge in [-0.25, -0.2) is 4.68 Å². The number of carbonyl (C=O) groups is 1. The van der Waals surface area contributed by atoms with Gasteiger partial charge in [-0.1, -0.05) is 32.9 Å². The van der Waals surface area contributed by atoms with Gasteiger partial charge >= 0.3 is 0 Å². The highest BCUT2D eigenvalue weighted by molar-refractivity contribution is 5.76. The molecule has 144 valence electrons. The number of methoxy groups -OCH3 is 1. The number of benzene rings is 1. The number of nitrogens with zero attached hydrogens (tertiary/aromatic N) is 2. The molecule has 0 atom stereocenters. The molecule has 1 amide bonds. The van der Waals surface area contributed by atoms with Crippen LogP contribution >= 0.6 is 0 Å². The first-order valence-electron chi connectivity index (χ1n) is 9.43. The van der Waals surface area contributed by atoms with E-state index in [2.05, 4.69) is 17.3 Å². The van der Waals surface area contributed by atoms with E-state index in [1.807, 2.05) is 38.1 Å². The minimum absolute atomic E-state index is 0.0537. The van der Waals surface area contributed by atoms with Gasteiger partial charge in [-0.2, -0.15) is 5.10 Å². The van der Waals surface area contributed by atoms with Gasteiger partial charge < -0.3 is 10.1 Å². The normalized spacial score (nSPS) is 18.9. The molecule has 27 heavy (non-hydrogen) atoms. The highest BCUT2D eigenvalue weighted by Crippen LogP contribution is 2.29. The van der Waals surface area contributed by atoms with Crippen LogP contribution in [0.2, 0.25) is 0 Å².